The number of rotatable bonds is 10. The molecular weight excluding hydrogens is 232 g/mol. The van der Waals surface area contributed by atoms with E-state index >= 15 is 0 Å². The first-order valence-electron chi connectivity index (χ1n) is 5.52. The lowest BCUT2D eigenvalue weighted by molar-refractivity contribution is -0.198. The SMILES string of the molecule is OCCCC(O)C(O)(CO)C(CO)OCCO. The van der Waals surface area contributed by atoms with Crippen molar-refractivity contribution >= 4 is 0 Å². The standard InChI is InChI=1S/C10H22O7/c11-3-1-2-8(15)10(16,7-14)9(6-13)17-5-4-12/h8-9,11-16H,1-7H2. The van der Waals surface area contributed by atoms with Crippen molar-refractivity contribution in [1.29, 1.82) is 0 Å². The monoisotopic (exact) mass is 254 g/mol. The summed E-state index contributed by atoms with van der Waals surface area (Å²) in [6.07, 6.45) is -2.22. The highest BCUT2D eigenvalue weighted by molar-refractivity contribution is 4.93. The van der Waals surface area contributed by atoms with E-state index in [1.54, 1.807) is 0 Å². The Hall–Kier alpha value is -0.280. The van der Waals surface area contributed by atoms with Gasteiger partial charge in [-0.1, -0.05) is 0 Å². The molecule has 6 N–H and O–H groups in total. The first kappa shape index (κ1) is 16.7. The van der Waals surface area contributed by atoms with Crippen molar-refractivity contribution in [1.82, 2.24) is 0 Å². The van der Waals surface area contributed by atoms with Gasteiger partial charge < -0.3 is 35.4 Å². The van der Waals surface area contributed by atoms with E-state index in [1.807, 2.05) is 0 Å². The van der Waals surface area contributed by atoms with Crippen LogP contribution >= 0.6 is 0 Å². The van der Waals surface area contributed by atoms with E-state index < -0.39 is 31.0 Å². The van der Waals surface area contributed by atoms with Crippen LogP contribution in [0.5, 0.6) is 0 Å². The van der Waals surface area contributed by atoms with Crippen molar-refractivity contribution in [2.75, 3.05) is 33.0 Å². The summed E-state index contributed by atoms with van der Waals surface area (Å²) in [4.78, 5) is 0. The zero-order valence-electron chi connectivity index (χ0n) is 9.70. The maximum atomic E-state index is 10.1. The van der Waals surface area contributed by atoms with Crippen molar-refractivity contribution in [3.05, 3.63) is 0 Å². The molecule has 0 spiro atoms. The summed E-state index contributed by atoms with van der Waals surface area (Å²) >= 11 is 0. The molecule has 0 amide bonds. The number of hydrogen-bond donors (Lipinski definition) is 6. The second kappa shape index (κ2) is 8.76. The van der Waals surface area contributed by atoms with Crippen LogP contribution in [0.1, 0.15) is 12.8 Å². The Bertz CT molecular complexity index is 189. The summed E-state index contributed by atoms with van der Waals surface area (Å²) < 4.78 is 4.97. The van der Waals surface area contributed by atoms with Crippen LogP contribution in [-0.4, -0.2) is 81.5 Å². The summed E-state index contributed by atoms with van der Waals surface area (Å²) in [6, 6.07) is 0. The Labute approximate surface area is 99.9 Å². The normalized spacial score (nSPS) is 18.7. The molecule has 0 rings (SSSR count). The summed E-state index contributed by atoms with van der Waals surface area (Å²) in [7, 11) is 0. The smallest absolute Gasteiger partial charge is 0.142 e. The Kier molecular flexibility index (Phi) is 8.61. The average molecular weight is 254 g/mol. The molecular formula is C10H22O7. The van der Waals surface area contributed by atoms with E-state index in [9.17, 15) is 10.2 Å². The van der Waals surface area contributed by atoms with Crippen LogP contribution in [0.15, 0.2) is 0 Å². The molecule has 0 saturated heterocycles. The highest BCUT2D eigenvalue weighted by Gasteiger charge is 2.43. The molecule has 0 saturated carbocycles. The number of hydrogen-bond acceptors (Lipinski definition) is 7. The van der Waals surface area contributed by atoms with E-state index in [-0.39, 0.29) is 32.7 Å². The predicted octanol–water partition coefficient (Wildman–Crippen LogP) is -2.79. The molecule has 0 aromatic rings. The largest absolute Gasteiger partial charge is 0.396 e. The van der Waals surface area contributed by atoms with Crippen molar-refractivity contribution in [3.63, 3.8) is 0 Å². The van der Waals surface area contributed by atoms with Gasteiger partial charge >= 0.3 is 0 Å². The molecule has 17 heavy (non-hydrogen) atoms. The van der Waals surface area contributed by atoms with E-state index in [4.69, 9.17) is 25.2 Å². The highest BCUT2D eigenvalue weighted by Crippen LogP contribution is 2.21. The number of aliphatic hydroxyl groups is 6. The van der Waals surface area contributed by atoms with Crippen LogP contribution in [0.2, 0.25) is 0 Å². The van der Waals surface area contributed by atoms with E-state index in [1.165, 1.54) is 0 Å². The molecule has 0 aromatic carbocycles. The van der Waals surface area contributed by atoms with Gasteiger partial charge in [-0.25, -0.2) is 0 Å². The van der Waals surface area contributed by atoms with Gasteiger partial charge in [0.1, 0.15) is 11.7 Å². The second-order valence-electron chi connectivity index (χ2n) is 3.80. The Morgan fingerprint density at radius 3 is 2.12 bits per heavy atom. The zero-order valence-corrected chi connectivity index (χ0v) is 9.70. The molecule has 0 bridgehead atoms. The Balaban J connectivity index is 4.57. The molecule has 0 fully saturated rings. The van der Waals surface area contributed by atoms with Crippen molar-refractivity contribution in [2.24, 2.45) is 0 Å². The quantitative estimate of drug-likeness (QED) is 0.248. The fourth-order valence-corrected chi connectivity index (χ4v) is 1.51. The van der Waals surface area contributed by atoms with Gasteiger partial charge in [0.05, 0.1) is 32.5 Å². The lowest BCUT2D eigenvalue weighted by Crippen LogP contribution is -2.57. The van der Waals surface area contributed by atoms with Crippen LogP contribution in [0, 0.1) is 0 Å². The minimum Gasteiger partial charge on any atom is -0.396 e. The van der Waals surface area contributed by atoms with Gasteiger partial charge in [0.2, 0.25) is 0 Å². The van der Waals surface area contributed by atoms with Crippen molar-refractivity contribution < 1.29 is 35.4 Å². The van der Waals surface area contributed by atoms with Gasteiger partial charge in [-0.2, -0.15) is 0 Å². The van der Waals surface area contributed by atoms with Crippen LogP contribution in [0.25, 0.3) is 0 Å². The highest BCUT2D eigenvalue weighted by atomic mass is 16.5. The molecule has 0 aliphatic rings. The third-order valence-electron chi connectivity index (χ3n) is 2.60. The minimum atomic E-state index is -2.01. The lowest BCUT2D eigenvalue weighted by Gasteiger charge is -2.37. The topological polar surface area (TPSA) is 131 Å². The molecule has 7 heteroatoms. The van der Waals surface area contributed by atoms with E-state index in [0.717, 1.165) is 0 Å². The van der Waals surface area contributed by atoms with Crippen LogP contribution in [-0.2, 0) is 4.74 Å². The molecule has 3 atom stereocenters. The van der Waals surface area contributed by atoms with Crippen LogP contribution in [0.3, 0.4) is 0 Å². The van der Waals surface area contributed by atoms with E-state index in [2.05, 4.69) is 0 Å². The molecule has 7 nitrogen and oxygen atoms in total. The maximum absolute atomic E-state index is 10.1. The van der Waals surface area contributed by atoms with Gasteiger partial charge in [0, 0.05) is 6.61 Å². The van der Waals surface area contributed by atoms with Gasteiger partial charge in [-0.15, -0.1) is 0 Å². The summed E-state index contributed by atoms with van der Waals surface area (Å²) in [5.41, 5.74) is -2.01. The molecule has 0 aliphatic carbocycles. The third kappa shape index (κ3) is 4.84. The van der Waals surface area contributed by atoms with Gasteiger partial charge in [0.15, 0.2) is 0 Å². The summed E-state index contributed by atoms with van der Waals surface area (Å²) in [5.74, 6) is 0. The first-order chi connectivity index (χ1) is 8.06. The van der Waals surface area contributed by atoms with Crippen molar-refractivity contribution in [3.8, 4) is 0 Å². The molecule has 0 radical (unpaired) electrons. The number of ether oxygens (including phenoxy) is 1. The van der Waals surface area contributed by atoms with Crippen molar-refractivity contribution in [2.45, 2.75) is 30.7 Å². The minimum absolute atomic E-state index is 0.0620. The lowest BCUT2D eigenvalue weighted by atomic mass is 9.88. The predicted molar refractivity (Wildman–Crippen MR) is 58.3 cm³/mol. The fraction of sp³-hybridized carbons (Fsp3) is 1.00. The second-order valence-corrected chi connectivity index (χ2v) is 3.80. The molecule has 0 aliphatic heterocycles. The van der Waals surface area contributed by atoms with E-state index in [0.29, 0.717) is 0 Å². The molecule has 3 unspecified atom stereocenters. The Morgan fingerprint density at radius 2 is 1.71 bits per heavy atom. The zero-order chi connectivity index (χ0) is 13.3. The first-order valence-corrected chi connectivity index (χ1v) is 5.52. The Morgan fingerprint density at radius 1 is 1.06 bits per heavy atom. The third-order valence-corrected chi connectivity index (χ3v) is 2.60. The fourth-order valence-electron chi connectivity index (χ4n) is 1.51. The maximum Gasteiger partial charge on any atom is 0.142 e. The summed E-state index contributed by atoms with van der Waals surface area (Å²) in [6.45, 7) is -1.98. The van der Waals surface area contributed by atoms with Crippen LogP contribution < -0.4 is 0 Å². The molecule has 104 valence electrons. The summed E-state index contributed by atoms with van der Waals surface area (Å²) in [5, 5.41) is 55.2. The molecule has 0 heterocycles. The number of aliphatic hydroxyl groups excluding tert-OH is 5. The van der Waals surface area contributed by atoms with Gasteiger partial charge in [-0.3, -0.25) is 0 Å². The van der Waals surface area contributed by atoms with Gasteiger partial charge in [0.25, 0.3) is 0 Å². The van der Waals surface area contributed by atoms with Crippen LogP contribution in [0.4, 0.5) is 0 Å². The average Bonchev–Trinajstić information content (AvgIpc) is 2.36. The molecule has 0 aromatic heterocycles. The van der Waals surface area contributed by atoms with Gasteiger partial charge in [-0.05, 0) is 12.8 Å².